The van der Waals surface area contributed by atoms with Crippen molar-refractivity contribution in [2.75, 3.05) is 11.4 Å². The van der Waals surface area contributed by atoms with Gasteiger partial charge in [-0.25, -0.2) is 18.2 Å². The standard InChI is InChI=1S/C24H23N3O5S2/c1-14-16(3)33-23-20(14)22(28)25-21(26-23)15(2)32-24(29)17-10-12-19(13-11-17)34(30,31)27(4)18-8-6-5-7-9-18/h5-13,15H,1-4H3,(H,25,26,28). The van der Waals surface area contributed by atoms with Crippen molar-refractivity contribution in [3.05, 3.63) is 86.8 Å². The molecule has 0 bridgehead atoms. The summed E-state index contributed by atoms with van der Waals surface area (Å²) in [6.45, 7) is 5.41. The molecule has 0 amide bonds. The lowest BCUT2D eigenvalue weighted by Crippen LogP contribution is -2.26. The largest absolute Gasteiger partial charge is 0.451 e. The van der Waals surface area contributed by atoms with E-state index in [2.05, 4.69) is 9.97 Å². The maximum Gasteiger partial charge on any atom is 0.338 e. The Kier molecular flexibility index (Phi) is 6.28. The maximum absolute atomic E-state index is 12.9. The number of aromatic amines is 1. The fourth-order valence-electron chi connectivity index (χ4n) is 3.45. The molecule has 2 aromatic heterocycles. The molecule has 0 saturated carbocycles. The molecule has 0 aliphatic carbocycles. The number of benzene rings is 2. The molecule has 1 unspecified atom stereocenters. The van der Waals surface area contributed by atoms with Gasteiger partial charge in [-0.2, -0.15) is 0 Å². The summed E-state index contributed by atoms with van der Waals surface area (Å²) < 4.78 is 32.5. The zero-order valence-corrected chi connectivity index (χ0v) is 20.7. The lowest BCUT2D eigenvalue weighted by atomic mass is 10.2. The zero-order chi connectivity index (χ0) is 24.6. The Hall–Kier alpha value is -3.50. The fourth-order valence-corrected chi connectivity index (χ4v) is 5.68. The fraction of sp³-hybridized carbons (Fsp3) is 0.208. The minimum absolute atomic E-state index is 0.0448. The summed E-state index contributed by atoms with van der Waals surface area (Å²) in [5.74, 6) is -0.412. The minimum atomic E-state index is -3.80. The quantitative estimate of drug-likeness (QED) is 0.397. The van der Waals surface area contributed by atoms with Gasteiger partial charge in [0.15, 0.2) is 11.9 Å². The molecule has 2 heterocycles. The van der Waals surface area contributed by atoms with Gasteiger partial charge in [0.25, 0.3) is 15.6 Å². The van der Waals surface area contributed by atoms with Gasteiger partial charge in [0, 0.05) is 11.9 Å². The number of nitrogens with zero attached hydrogens (tertiary/aromatic N) is 2. The van der Waals surface area contributed by atoms with Crippen LogP contribution < -0.4 is 9.86 Å². The molecular formula is C24H23N3O5S2. The highest BCUT2D eigenvalue weighted by atomic mass is 32.2. The van der Waals surface area contributed by atoms with Crippen LogP contribution in [0.15, 0.2) is 64.3 Å². The van der Waals surface area contributed by atoms with Crippen molar-refractivity contribution < 1.29 is 17.9 Å². The van der Waals surface area contributed by atoms with Crippen LogP contribution in [-0.4, -0.2) is 31.4 Å². The average Bonchev–Trinajstić information content (AvgIpc) is 3.12. The number of thiophene rings is 1. The predicted molar refractivity (Wildman–Crippen MR) is 132 cm³/mol. The van der Waals surface area contributed by atoms with Crippen molar-refractivity contribution in [1.82, 2.24) is 9.97 Å². The number of aromatic nitrogens is 2. The first-order valence-corrected chi connectivity index (χ1v) is 12.7. The first-order valence-electron chi connectivity index (χ1n) is 10.4. The highest BCUT2D eigenvalue weighted by Crippen LogP contribution is 2.27. The van der Waals surface area contributed by atoms with Crippen LogP contribution in [0.4, 0.5) is 5.69 Å². The zero-order valence-electron chi connectivity index (χ0n) is 19.0. The first kappa shape index (κ1) is 23.7. The van der Waals surface area contributed by atoms with Gasteiger partial charge >= 0.3 is 5.97 Å². The van der Waals surface area contributed by atoms with E-state index in [0.717, 1.165) is 10.4 Å². The number of aryl methyl sites for hydroxylation is 2. The van der Waals surface area contributed by atoms with E-state index in [1.54, 1.807) is 37.3 Å². The number of fused-ring (bicyclic) bond motifs is 1. The van der Waals surface area contributed by atoms with Crippen LogP contribution >= 0.6 is 11.3 Å². The van der Waals surface area contributed by atoms with Crippen LogP contribution in [0.25, 0.3) is 10.2 Å². The van der Waals surface area contributed by atoms with Crippen LogP contribution in [-0.2, 0) is 14.8 Å². The van der Waals surface area contributed by atoms with Crippen molar-refractivity contribution in [1.29, 1.82) is 0 Å². The summed E-state index contributed by atoms with van der Waals surface area (Å²) in [6.07, 6.45) is -0.806. The van der Waals surface area contributed by atoms with E-state index in [1.807, 2.05) is 13.8 Å². The Balaban J connectivity index is 1.52. The average molecular weight is 498 g/mol. The smallest absolute Gasteiger partial charge is 0.338 e. The van der Waals surface area contributed by atoms with Gasteiger partial charge in [0.05, 0.1) is 21.5 Å². The molecule has 0 radical (unpaired) electrons. The number of sulfonamides is 1. The third-order valence-corrected chi connectivity index (χ3v) is 8.50. The second-order valence-corrected chi connectivity index (χ2v) is 11.0. The summed E-state index contributed by atoms with van der Waals surface area (Å²) >= 11 is 1.41. The summed E-state index contributed by atoms with van der Waals surface area (Å²) in [7, 11) is -2.33. The number of esters is 1. The molecule has 4 rings (SSSR count). The SMILES string of the molecule is Cc1sc2nc(C(C)OC(=O)c3ccc(S(=O)(=O)N(C)c4ccccc4)cc3)[nH]c(=O)c2c1C. The number of hydrogen-bond donors (Lipinski definition) is 1. The van der Waals surface area contributed by atoms with E-state index in [1.165, 1.54) is 47.0 Å². The number of carbonyl (C=O) groups is 1. The van der Waals surface area contributed by atoms with Gasteiger partial charge in [-0.15, -0.1) is 11.3 Å². The normalized spacial score (nSPS) is 12.5. The Morgan fingerprint density at radius 2 is 1.74 bits per heavy atom. The van der Waals surface area contributed by atoms with E-state index in [9.17, 15) is 18.0 Å². The number of carbonyl (C=O) groups excluding carboxylic acids is 1. The molecule has 4 aromatic rings. The molecular weight excluding hydrogens is 474 g/mol. The van der Waals surface area contributed by atoms with Crippen LogP contribution in [0, 0.1) is 13.8 Å². The van der Waals surface area contributed by atoms with E-state index in [4.69, 9.17) is 4.74 Å². The van der Waals surface area contributed by atoms with E-state index < -0.39 is 22.1 Å². The van der Waals surface area contributed by atoms with E-state index >= 15 is 0 Å². The molecule has 1 atom stereocenters. The number of ether oxygens (including phenoxy) is 1. The predicted octanol–water partition coefficient (Wildman–Crippen LogP) is 4.34. The Morgan fingerprint density at radius 3 is 2.38 bits per heavy atom. The molecule has 8 nitrogen and oxygen atoms in total. The van der Waals surface area contributed by atoms with Gasteiger partial charge in [-0.1, -0.05) is 18.2 Å². The maximum atomic E-state index is 12.9. The van der Waals surface area contributed by atoms with Crippen LogP contribution in [0.1, 0.15) is 39.7 Å². The molecule has 176 valence electrons. The van der Waals surface area contributed by atoms with Crippen LogP contribution in [0.3, 0.4) is 0 Å². The van der Waals surface area contributed by atoms with E-state index in [-0.39, 0.29) is 21.8 Å². The van der Waals surface area contributed by atoms with Gasteiger partial charge in [-0.05, 0) is 62.7 Å². The van der Waals surface area contributed by atoms with Crippen molar-refractivity contribution in [3.63, 3.8) is 0 Å². The summed E-state index contributed by atoms with van der Waals surface area (Å²) in [5.41, 5.74) is 1.31. The second-order valence-electron chi connectivity index (χ2n) is 7.79. The van der Waals surface area contributed by atoms with Crippen molar-refractivity contribution >= 4 is 43.2 Å². The number of rotatable bonds is 6. The van der Waals surface area contributed by atoms with Crippen molar-refractivity contribution in [2.24, 2.45) is 0 Å². The number of nitrogens with one attached hydrogen (secondary N) is 1. The van der Waals surface area contributed by atoms with Crippen LogP contribution in [0.5, 0.6) is 0 Å². The highest BCUT2D eigenvalue weighted by molar-refractivity contribution is 7.92. The Bertz CT molecular complexity index is 1520. The van der Waals surface area contributed by atoms with Gasteiger partial charge in [0.1, 0.15) is 4.83 Å². The van der Waals surface area contributed by atoms with E-state index in [0.29, 0.717) is 15.9 Å². The van der Waals surface area contributed by atoms with Gasteiger partial charge < -0.3 is 9.72 Å². The van der Waals surface area contributed by atoms with Crippen molar-refractivity contribution in [2.45, 2.75) is 31.8 Å². The lowest BCUT2D eigenvalue weighted by molar-refractivity contribution is 0.0320. The molecule has 0 saturated heterocycles. The topological polar surface area (TPSA) is 109 Å². The third-order valence-electron chi connectivity index (χ3n) is 5.59. The summed E-state index contributed by atoms with van der Waals surface area (Å²) in [4.78, 5) is 33.9. The number of hydrogen-bond acceptors (Lipinski definition) is 7. The monoisotopic (exact) mass is 497 g/mol. The summed E-state index contributed by atoms with van der Waals surface area (Å²) in [6, 6.07) is 14.2. The molecule has 10 heteroatoms. The van der Waals surface area contributed by atoms with Crippen LogP contribution in [0.2, 0.25) is 0 Å². The summed E-state index contributed by atoms with van der Waals surface area (Å²) in [5, 5.41) is 0.544. The molecule has 0 aliphatic rings. The molecule has 34 heavy (non-hydrogen) atoms. The number of para-hydroxylation sites is 1. The molecule has 0 fully saturated rings. The number of anilines is 1. The van der Waals surface area contributed by atoms with Gasteiger partial charge in [-0.3, -0.25) is 9.10 Å². The first-order chi connectivity index (χ1) is 16.1. The second kappa shape index (κ2) is 9.03. The molecule has 0 spiro atoms. The molecule has 2 aromatic carbocycles. The molecule has 0 aliphatic heterocycles. The van der Waals surface area contributed by atoms with Gasteiger partial charge in [0.2, 0.25) is 0 Å². The Morgan fingerprint density at radius 1 is 1.09 bits per heavy atom. The minimum Gasteiger partial charge on any atom is -0.451 e. The van der Waals surface area contributed by atoms with Crippen molar-refractivity contribution in [3.8, 4) is 0 Å². The highest BCUT2D eigenvalue weighted by Gasteiger charge is 2.23. The number of H-pyrrole nitrogens is 1. The lowest BCUT2D eigenvalue weighted by Gasteiger charge is -2.19. The third kappa shape index (κ3) is 4.34. The molecule has 1 N–H and O–H groups in total. The Labute approximate surface area is 200 Å².